The third kappa shape index (κ3) is 3.63. The number of hydrogen-bond acceptors (Lipinski definition) is 2. The van der Waals surface area contributed by atoms with Gasteiger partial charge in [-0.3, -0.25) is 0 Å². The van der Waals surface area contributed by atoms with E-state index in [1.54, 1.807) is 18.2 Å². The number of para-hydroxylation sites is 1. The molecule has 0 radical (unpaired) electrons. The molecule has 0 saturated carbocycles. The van der Waals surface area contributed by atoms with Crippen LogP contribution < -0.4 is 10.5 Å². The number of alkyl halides is 3. The Bertz CT molecular complexity index is 365. The largest absolute Gasteiger partial charge is 0.481 e. The van der Waals surface area contributed by atoms with Crippen LogP contribution in [0.1, 0.15) is 31.9 Å². The molecular weight excluding hydrogens is 231 g/mol. The van der Waals surface area contributed by atoms with E-state index in [4.69, 9.17) is 10.5 Å². The molecule has 0 spiro atoms. The Kier molecular flexibility index (Phi) is 4.40. The molecule has 2 atom stereocenters. The second kappa shape index (κ2) is 5.40. The summed E-state index contributed by atoms with van der Waals surface area (Å²) in [6, 6.07) is 6.24. The van der Waals surface area contributed by atoms with Gasteiger partial charge >= 0.3 is 6.18 Å². The summed E-state index contributed by atoms with van der Waals surface area (Å²) in [5.41, 5.74) is 6.42. The summed E-state index contributed by atoms with van der Waals surface area (Å²) in [6.45, 7) is 2.85. The van der Waals surface area contributed by atoms with Crippen LogP contribution in [0.25, 0.3) is 0 Å². The maximum absolute atomic E-state index is 12.4. The predicted molar refractivity (Wildman–Crippen MR) is 59.8 cm³/mol. The Morgan fingerprint density at radius 3 is 2.41 bits per heavy atom. The second-order valence-electron chi connectivity index (χ2n) is 3.85. The summed E-state index contributed by atoms with van der Waals surface area (Å²) in [6.07, 6.45) is -5.57. The molecule has 2 nitrogen and oxygen atoms in total. The van der Waals surface area contributed by atoms with Crippen LogP contribution in [0.3, 0.4) is 0 Å². The number of ether oxygens (including phenoxy) is 1. The quantitative estimate of drug-likeness (QED) is 0.884. The molecular formula is C12H16F3NO. The van der Waals surface area contributed by atoms with Gasteiger partial charge in [-0.15, -0.1) is 0 Å². The third-order valence-electron chi connectivity index (χ3n) is 2.52. The first-order chi connectivity index (χ1) is 7.86. The maximum atomic E-state index is 12.4. The van der Waals surface area contributed by atoms with Gasteiger partial charge in [-0.25, -0.2) is 0 Å². The van der Waals surface area contributed by atoms with Crippen molar-refractivity contribution in [1.82, 2.24) is 0 Å². The Balaban J connectivity index is 2.91. The highest BCUT2D eigenvalue weighted by molar-refractivity contribution is 5.35. The van der Waals surface area contributed by atoms with Crippen molar-refractivity contribution in [1.29, 1.82) is 0 Å². The molecule has 1 aromatic carbocycles. The number of rotatable bonds is 4. The van der Waals surface area contributed by atoms with E-state index in [1.165, 1.54) is 6.07 Å². The van der Waals surface area contributed by atoms with Gasteiger partial charge in [0.15, 0.2) is 6.10 Å². The fourth-order valence-corrected chi connectivity index (χ4v) is 1.37. The van der Waals surface area contributed by atoms with E-state index in [1.807, 2.05) is 6.92 Å². The van der Waals surface area contributed by atoms with Gasteiger partial charge in [0.1, 0.15) is 5.75 Å². The molecule has 1 unspecified atom stereocenters. The lowest BCUT2D eigenvalue weighted by molar-refractivity contribution is -0.189. The van der Waals surface area contributed by atoms with Crippen LogP contribution in [-0.2, 0) is 0 Å². The van der Waals surface area contributed by atoms with Gasteiger partial charge in [-0.05, 0) is 19.4 Å². The zero-order valence-electron chi connectivity index (χ0n) is 9.79. The highest BCUT2D eigenvalue weighted by atomic mass is 19.4. The monoisotopic (exact) mass is 247 g/mol. The molecule has 5 heteroatoms. The first kappa shape index (κ1) is 13.8. The molecule has 96 valence electrons. The van der Waals surface area contributed by atoms with Crippen LogP contribution in [0.5, 0.6) is 5.75 Å². The average Bonchev–Trinajstić information content (AvgIpc) is 2.27. The minimum Gasteiger partial charge on any atom is -0.481 e. The molecule has 0 bridgehead atoms. The highest BCUT2D eigenvalue weighted by Gasteiger charge is 2.38. The molecule has 2 N–H and O–H groups in total. The van der Waals surface area contributed by atoms with E-state index < -0.39 is 12.3 Å². The lowest BCUT2D eigenvalue weighted by Crippen LogP contribution is -2.31. The van der Waals surface area contributed by atoms with Crippen molar-refractivity contribution in [2.45, 2.75) is 38.6 Å². The van der Waals surface area contributed by atoms with Crippen molar-refractivity contribution in [3.05, 3.63) is 29.8 Å². The van der Waals surface area contributed by atoms with Crippen molar-refractivity contribution in [2.24, 2.45) is 5.73 Å². The Labute approximate surface area is 98.6 Å². The van der Waals surface area contributed by atoms with E-state index in [0.717, 1.165) is 6.92 Å². The zero-order valence-corrected chi connectivity index (χ0v) is 9.79. The summed E-state index contributed by atoms with van der Waals surface area (Å²) >= 11 is 0. The minimum absolute atomic E-state index is 0.201. The molecule has 1 rings (SSSR count). The van der Waals surface area contributed by atoms with Crippen LogP contribution in [0, 0.1) is 0 Å². The molecule has 0 fully saturated rings. The van der Waals surface area contributed by atoms with Gasteiger partial charge in [0.05, 0.1) is 0 Å². The lowest BCUT2D eigenvalue weighted by atomic mass is 10.0. The van der Waals surface area contributed by atoms with Crippen LogP contribution in [-0.4, -0.2) is 12.3 Å². The number of nitrogens with two attached hydrogens (primary N) is 1. The summed E-state index contributed by atoms with van der Waals surface area (Å²) in [4.78, 5) is 0. The van der Waals surface area contributed by atoms with E-state index in [0.29, 0.717) is 12.0 Å². The van der Waals surface area contributed by atoms with Gasteiger partial charge in [0.25, 0.3) is 0 Å². The van der Waals surface area contributed by atoms with Crippen molar-refractivity contribution in [2.75, 3.05) is 0 Å². The number of halogens is 3. The fraction of sp³-hybridized carbons (Fsp3) is 0.500. The standard InChI is InChI=1S/C12H16F3NO/c1-3-10(16)9-6-4-5-7-11(9)17-8(2)12(13,14)15/h4-8,10H,3,16H2,1-2H3/t8?,10-/m0/s1. The summed E-state index contributed by atoms with van der Waals surface area (Å²) < 4.78 is 42.1. The van der Waals surface area contributed by atoms with Crippen molar-refractivity contribution < 1.29 is 17.9 Å². The van der Waals surface area contributed by atoms with Crippen molar-refractivity contribution in [3.8, 4) is 5.75 Å². The van der Waals surface area contributed by atoms with Crippen LogP contribution in [0.2, 0.25) is 0 Å². The van der Waals surface area contributed by atoms with Gasteiger partial charge in [0.2, 0.25) is 0 Å². The topological polar surface area (TPSA) is 35.2 Å². The molecule has 0 heterocycles. The van der Waals surface area contributed by atoms with E-state index >= 15 is 0 Å². The van der Waals surface area contributed by atoms with Crippen LogP contribution in [0.4, 0.5) is 13.2 Å². The van der Waals surface area contributed by atoms with Gasteiger partial charge in [-0.2, -0.15) is 13.2 Å². The summed E-state index contributed by atoms with van der Waals surface area (Å²) in [5.74, 6) is 0.201. The smallest absolute Gasteiger partial charge is 0.425 e. The molecule has 0 amide bonds. The maximum Gasteiger partial charge on any atom is 0.425 e. The Hall–Kier alpha value is -1.23. The van der Waals surface area contributed by atoms with E-state index in [2.05, 4.69) is 0 Å². The molecule has 0 aromatic heterocycles. The number of hydrogen-bond donors (Lipinski definition) is 1. The number of benzene rings is 1. The molecule has 0 saturated heterocycles. The zero-order chi connectivity index (χ0) is 13.1. The lowest BCUT2D eigenvalue weighted by Gasteiger charge is -2.21. The van der Waals surface area contributed by atoms with Gasteiger partial charge in [0, 0.05) is 11.6 Å². The Morgan fingerprint density at radius 1 is 1.29 bits per heavy atom. The van der Waals surface area contributed by atoms with Gasteiger partial charge in [-0.1, -0.05) is 25.1 Å². The van der Waals surface area contributed by atoms with Crippen molar-refractivity contribution in [3.63, 3.8) is 0 Å². The molecule has 0 aliphatic heterocycles. The predicted octanol–water partition coefficient (Wildman–Crippen LogP) is 3.43. The molecule has 1 aromatic rings. The van der Waals surface area contributed by atoms with Crippen LogP contribution in [0.15, 0.2) is 24.3 Å². The SMILES string of the molecule is CC[C@H](N)c1ccccc1OC(C)C(F)(F)F. The minimum atomic E-state index is -4.37. The van der Waals surface area contributed by atoms with E-state index in [9.17, 15) is 13.2 Å². The first-order valence-electron chi connectivity index (χ1n) is 5.44. The van der Waals surface area contributed by atoms with Crippen LogP contribution >= 0.6 is 0 Å². The van der Waals surface area contributed by atoms with E-state index in [-0.39, 0.29) is 11.8 Å². The molecule has 0 aliphatic rings. The summed E-state index contributed by atoms with van der Waals surface area (Å²) in [7, 11) is 0. The normalized spacial score (nSPS) is 15.4. The summed E-state index contributed by atoms with van der Waals surface area (Å²) in [5, 5.41) is 0. The van der Waals surface area contributed by atoms with Crippen molar-refractivity contribution >= 4 is 0 Å². The molecule has 0 aliphatic carbocycles. The first-order valence-corrected chi connectivity index (χ1v) is 5.44. The van der Waals surface area contributed by atoms with Gasteiger partial charge < -0.3 is 10.5 Å². The highest BCUT2D eigenvalue weighted by Crippen LogP contribution is 2.30. The Morgan fingerprint density at radius 2 is 1.88 bits per heavy atom. The molecule has 17 heavy (non-hydrogen) atoms. The average molecular weight is 247 g/mol. The fourth-order valence-electron chi connectivity index (χ4n) is 1.37. The second-order valence-corrected chi connectivity index (χ2v) is 3.85. The third-order valence-corrected chi connectivity index (χ3v) is 2.52.